The first-order valence-electron chi connectivity index (χ1n) is 9.67. The lowest BCUT2D eigenvalue weighted by atomic mass is 9.95. The zero-order valence-electron chi connectivity index (χ0n) is 16.3. The summed E-state index contributed by atoms with van der Waals surface area (Å²) in [5, 5.41) is 14.1. The predicted octanol–water partition coefficient (Wildman–Crippen LogP) is 7.01. The van der Waals surface area contributed by atoms with Crippen LogP contribution in [0, 0.1) is 10.5 Å². The zero-order valence-corrected chi connectivity index (χ0v) is 20.9. The molecule has 1 heterocycles. The van der Waals surface area contributed by atoms with Crippen molar-refractivity contribution in [3.63, 3.8) is 0 Å². The predicted molar refractivity (Wildman–Crippen MR) is 136 cm³/mol. The number of thiophene rings is 1. The lowest BCUT2D eigenvalue weighted by Gasteiger charge is -2.13. The highest BCUT2D eigenvalue weighted by atomic mass is 127. The van der Waals surface area contributed by atoms with Gasteiger partial charge >= 0.3 is 0 Å². The van der Waals surface area contributed by atoms with Gasteiger partial charge in [-0.25, -0.2) is 4.99 Å². The number of fused-ring (bicyclic) bond motifs is 1. The molecule has 1 aromatic heterocycles. The SMILES string of the molecule is Cc1ccc(NC(=O)c2c(N=Cc3cc(Br)cc(I)c3O)sc3c2CCCC3)cc1. The fourth-order valence-corrected chi connectivity index (χ4v) is 6.30. The number of aliphatic imine (C=N–C) groups is 1. The smallest absolute Gasteiger partial charge is 0.259 e. The number of nitrogens with zero attached hydrogens (tertiary/aromatic N) is 1. The first-order chi connectivity index (χ1) is 14.4. The lowest BCUT2D eigenvalue weighted by molar-refractivity contribution is 0.102. The maximum Gasteiger partial charge on any atom is 0.259 e. The number of phenolic OH excluding ortho intramolecular Hbond substituents is 1. The molecule has 0 saturated carbocycles. The standard InChI is InChI=1S/C23H20BrIN2O2S/c1-13-6-8-16(9-7-13)27-22(29)20-17-4-2-3-5-19(17)30-23(20)26-12-14-10-15(24)11-18(25)21(14)28/h6-12,28H,2-5H2,1H3,(H,27,29). The molecule has 7 heteroatoms. The topological polar surface area (TPSA) is 61.7 Å². The number of aromatic hydroxyl groups is 1. The van der Waals surface area contributed by atoms with Crippen molar-refractivity contribution in [1.29, 1.82) is 0 Å². The van der Waals surface area contributed by atoms with Crippen LogP contribution in [0.1, 0.15) is 44.8 Å². The van der Waals surface area contributed by atoms with Crippen LogP contribution < -0.4 is 5.32 Å². The second kappa shape index (κ2) is 9.20. The van der Waals surface area contributed by atoms with Gasteiger partial charge < -0.3 is 10.4 Å². The van der Waals surface area contributed by atoms with Gasteiger partial charge in [-0.2, -0.15) is 0 Å². The van der Waals surface area contributed by atoms with E-state index in [0.717, 1.165) is 50.5 Å². The van der Waals surface area contributed by atoms with Crippen molar-refractivity contribution in [2.45, 2.75) is 32.6 Å². The van der Waals surface area contributed by atoms with Gasteiger partial charge in [0, 0.05) is 26.8 Å². The molecule has 0 unspecified atom stereocenters. The number of benzene rings is 2. The molecule has 0 fully saturated rings. The van der Waals surface area contributed by atoms with Crippen LogP contribution in [-0.4, -0.2) is 17.2 Å². The van der Waals surface area contributed by atoms with E-state index in [0.29, 0.717) is 16.1 Å². The van der Waals surface area contributed by atoms with E-state index in [1.54, 1.807) is 17.6 Å². The van der Waals surface area contributed by atoms with Crippen LogP contribution >= 0.6 is 49.9 Å². The van der Waals surface area contributed by atoms with Crippen LogP contribution in [0.5, 0.6) is 5.75 Å². The molecule has 2 N–H and O–H groups in total. The number of hydrogen-bond donors (Lipinski definition) is 2. The van der Waals surface area contributed by atoms with Crippen LogP contribution in [-0.2, 0) is 12.8 Å². The minimum absolute atomic E-state index is 0.126. The molecule has 0 radical (unpaired) electrons. The third-order valence-corrected chi connectivity index (χ3v) is 7.55. The van der Waals surface area contributed by atoms with E-state index in [4.69, 9.17) is 0 Å². The highest BCUT2D eigenvalue weighted by molar-refractivity contribution is 14.1. The van der Waals surface area contributed by atoms with Crippen molar-refractivity contribution >= 4 is 72.7 Å². The molecule has 4 rings (SSSR count). The highest BCUT2D eigenvalue weighted by Gasteiger charge is 2.25. The number of anilines is 1. The molecule has 1 amide bonds. The summed E-state index contributed by atoms with van der Waals surface area (Å²) in [6.45, 7) is 2.02. The van der Waals surface area contributed by atoms with E-state index in [1.807, 2.05) is 43.3 Å². The molecule has 0 atom stereocenters. The molecule has 3 aromatic rings. The number of carbonyl (C=O) groups is 1. The maximum atomic E-state index is 13.2. The Bertz CT molecular complexity index is 1140. The third kappa shape index (κ3) is 4.63. The van der Waals surface area contributed by atoms with Crippen LogP contribution in [0.25, 0.3) is 0 Å². The lowest BCUT2D eigenvalue weighted by Crippen LogP contribution is -2.14. The fourth-order valence-electron chi connectivity index (χ4n) is 3.52. The molecule has 0 spiro atoms. The normalized spacial score (nSPS) is 13.4. The maximum absolute atomic E-state index is 13.2. The number of phenols is 1. The molecular formula is C23H20BrIN2O2S. The Balaban J connectivity index is 1.71. The molecule has 154 valence electrons. The van der Waals surface area contributed by atoms with Gasteiger partial charge in [-0.1, -0.05) is 33.6 Å². The average molecular weight is 595 g/mol. The number of rotatable bonds is 4. The first kappa shape index (κ1) is 21.5. The van der Waals surface area contributed by atoms with Gasteiger partial charge in [0.05, 0.1) is 9.13 Å². The molecule has 1 aliphatic rings. The number of hydrogen-bond acceptors (Lipinski definition) is 4. The number of carbonyl (C=O) groups excluding carboxylic acids is 1. The quantitative estimate of drug-likeness (QED) is 0.252. The van der Waals surface area contributed by atoms with Crippen molar-refractivity contribution in [3.8, 4) is 5.75 Å². The van der Waals surface area contributed by atoms with Gasteiger partial charge in [-0.15, -0.1) is 11.3 Å². The van der Waals surface area contributed by atoms with Crippen molar-refractivity contribution in [1.82, 2.24) is 0 Å². The number of amides is 1. The Morgan fingerprint density at radius 1 is 1.23 bits per heavy atom. The molecule has 0 bridgehead atoms. The Kier molecular flexibility index (Phi) is 6.60. The molecule has 30 heavy (non-hydrogen) atoms. The summed E-state index contributed by atoms with van der Waals surface area (Å²) in [6, 6.07) is 11.5. The summed E-state index contributed by atoms with van der Waals surface area (Å²) in [5.74, 6) is 0.0629. The summed E-state index contributed by atoms with van der Waals surface area (Å²) in [5.41, 5.74) is 4.32. The third-order valence-electron chi connectivity index (χ3n) is 5.07. The zero-order chi connectivity index (χ0) is 21.3. The fraction of sp³-hybridized carbons (Fsp3) is 0.217. The number of halogens is 2. The van der Waals surface area contributed by atoms with Crippen molar-refractivity contribution in [2.75, 3.05) is 5.32 Å². The van der Waals surface area contributed by atoms with Crippen LogP contribution in [0.15, 0.2) is 45.9 Å². The summed E-state index contributed by atoms with van der Waals surface area (Å²) in [6.07, 6.45) is 5.75. The number of aryl methyl sites for hydroxylation is 2. The second-order valence-electron chi connectivity index (χ2n) is 7.29. The minimum Gasteiger partial charge on any atom is -0.506 e. The van der Waals surface area contributed by atoms with Crippen molar-refractivity contribution < 1.29 is 9.90 Å². The first-order valence-corrected chi connectivity index (χ1v) is 12.4. The molecule has 0 aliphatic heterocycles. The van der Waals surface area contributed by atoms with Crippen LogP contribution in [0.4, 0.5) is 10.7 Å². The van der Waals surface area contributed by atoms with Gasteiger partial charge in [0.15, 0.2) is 0 Å². The highest BCUT2D eigenvalue weighted by Crippen LogP contribution is 2.40. The second-order valence-corrected chi connectivity index (χ2v) is 10.5. The van der Waals surface area contributed by atoms with Gasteiger partial charge in [0.25, 0.3) is 5.91 Å². The summed E-state index contributed by atoms with van der Waals surface area (Å²) >= 11 is 7.13. The van der Waals surface area contributed by atoms with Crippen molar-refractivity contribution in [3.05, 3.63) is 71.6 Å². The summed E-state index contributed by atoms with van der Waals surface area (Å²) in [4.78, 5) is 19.1. The van der Waals surface area contributed by atoms with Gasteiger partial charge in [-0.3, -0.25) is 4.79 Å². The summed E-state index contributed by atoms with van der Waals surface area (Å²) < 4.78 is 1.61. The monoisotopic (exact) mass is 594 g/mol. The van der Waals surface area contributed by atoms with E-state index >= 15 is 0 Å². The molecule has 0 saturated heterocycles. The molecular weight excluding hydrogens is 575 g/mol. The largest absolute Gasteiger partial charge is 0.506 e. The Hall–Kier alpha value is -1.71. The minimum atomic E-state index is -0.126. The van der Waals surface area contributed by atoms with Crippen LogP contribution in [0.2, 0.25) is 0 Å². The van der Waals surface area contributed by atoms with E-state index in [1.165, 1.54) is 4.88 Å². The Morgan fingerprint density at radius 2 is 1.97 bits per heavy atom. The average Bonchev–Trinajstić information content (AvgIpc) is 3.09. The Morgan fingerprint density at radius 3 is 2.73 bits per heavy atom. The van der Waals surface area contributed by atoms with E-state index in [-0.39, 0.29) is 11.7 Å². The molecule has 1 aliphatic carbocycles. The van der Waals surface area contributed by atoms with Gasteiger partial charge in [0.2, 0.25) is 0 Å². The molecule has 4 nitrogen and oxygen atoms in total. The van der Waals surface area contributed by atoms with E-state index in [9.17, 15) is 9.90 Å². The molecule has 2 aromatic carbocycles. The van der Waals surface area contributed by atoms with Crippen LogP contribution in [0.3, 0.4) is 0 Å². The van der Waals surface area contributed by atoms with Gasteiger partial charge in [-0.05, 0) is 85.0 Å². The van der Waals surface area contributed by atoms with Crippen molar-refractivity contribution in [2.24, 2.45) is 4.99 Å². The van der Waals surface area contributed by atoms with Gasteiger partial charge in [0.1, 0.15) is 10.8 Å². The number of nitrogens with one attached hydrogen (secondary N) is 1. The van der Waals surface area contributed by atoms with E-state index in [2.05, 4.69) is 48.8 Å². The van der Waals surface area contributed by atoms with E-state index < -0.39 is 0 Å². The summed E-state index contributed by atoms with van der Waals surface area (Å²) in [7, 11) is 0. The Labute approximate surface area is 201 Å².